The number of hydrogen-bond acceptors (Lipinski definition) is 4. The molecule has 0 radical (unpaired) electrons. The Kier molecular flexibility index (Phi) is 4.59. The molecule has 1 saturated heterocycles. The van der Waals surface area contributed by atoms with Crippen molar-refractivity contribution in [1.82, 2.24) is 4.31 Å². The van der Waals surface area contributed by atoms with E-state index in [0.29, 0.717) is 23.9 Å². The average molecular weight is 320 g/mol. The maximum absolute atomic E-state index is 12.7. The van der Waals surface area contributed by atoms with Crippen molar-refractivity contribution in [2.24, 2.45) is 0 Å². The molecule has 0 unspecified atom stereocenters. The Morgan fingerprint density at radius 3 is 2.45 bits per heavy atom. The molecular weight excluding hydrogens is 302 g/mol. The van der Waals surface area contributed by atoms with Gasteiger partial charge in [0.25, 0.3) is 0 Å². The van der Waals surface area contributed by atoms with Crippen LogP contribution in [-0.4, -0.2) is 45.1 Å². The van der Waals surface area contributed by atoms with Gasteiger partial charge in [-0.2, -0.15) is 4.31 Å². The molecule has 0 aromatic heterocycles. The van der Waals surface area contributed by atoms with Gasteiger partial charge in [-0.1, -0.05) is 11.6 Å². The zero-order valence-corrected chi connectivity index (χ0v) is 13.2. The number of rotatable bonds is 3. The highest BCUT2D eigenvalue weighted by atomic mass is 35.5. The molecule has 0 aliphatic carbocycles. The van der Waals surface area contributed by atoms with Gasteiger partial charge in [-0.3, -0.25) is 0 Å². The van der Waals surface area contributed by atoms with E-state index in [1.54, 1.807) is 12.1 Å². The SMILES string of the molecule is COc1ccc(Cl)cc1S(=O)(=O)N1C[C@H](C)O[C@@H](C)C1. The van der Waals surface area contributed by atoms with Crippen LogP contribution in [0.5, 0.6) is 5.75 Å². The van der Waals surface area contributed by atoms with Gasteiger partial charge in [-0.25, -0.2) is 8.42 Å². The van der Waals surface area contributed by atoms with Crippen molar-refractivity contribution in [3.63, 3.8) is 0 Å². The highest BCUT2D eigenvalue weighted by molar-refractivity contribution is 7.89. The number of hydrogen-bond donors (Lipinski definition) is 0. The Bertz CT molecular complexity index is 580. The van der Waals surface area contributed by atoms with Crippen molar-refractivity contribution >= 4 is 21.6 Å². The number of nitrogens with zero attached hydrogens (tertiary/aromatic N) is 1. The van der Waals surface area contributed by atoms with Crippen LogP contribution in [0, 0.1) is 0 Å². The molecule has 5 nitrogen and oxygen atoms in total. The van der Waals surface area contributed by atoms with Gasteiger partial charge < -0.3 is 9.47 Å². The standard InChI is InChI=1S/C13H18ClNO4S/c1-9-7-15(8-10(2)19-9)20(16,17)13-6-11(14)4-5-12(13)18-3/h4-6,9-10H,7-8H2,1-3H3/t9-,10-/m0/s1. The molecule has 2 rings (SSSR count). The van der Waals surface area contributed by atoms with Crippen LogP contribution in [0.1, 0.15) is 13.8 Å². The second-order valence-corrected chi connectivity index (χ2v) is 7.22. The van der Waals surface area contributed by atoms with Crippen LogP contribution in [0.3, 0.4) is 0 Å². The predicted octanol–water partition coefficient (Wildman–Crippen LogP) is 2.15. The molecule has 1 fully saturated rings. The summed E-state index contributed by atoms with van der Waals surface area (Å²) in [4.78, 5) is 0.0915. The monoisotopic (exact) mass is 319 g/mol. The summed E-state index contributed by atoms with van der Waals surface area (Å²) in [6, 6.07) is 4.58. The Labute approximate surface area is 124 Å². The molecule has 0 saturated carbocycles. The molecule has 0 spiro atoms. The molecule has 0 amide bonds. The third kappa shape index (κ3) is 3.09. The second-order valence-electron chi connectivity index (χ2n) is 4.87. The molecule has 2 atom stereocenters. The van der Waals surface area contributed by atoms with Crippen LogP contribution < -0.4 is 4.74 Å². The minimum Gasteiger partial charge on any atom is -0.495 e. The predicted molar refractivity (Wildman–Crippen MR) is 76.8 cm³/mol. The molecule has 112 valence electrons. The van der Waals surface area contributed by atoms with Gasteiger partial charge in [0, 0.05) is 18.1 Å². The Hall–Kier alpha value is -0.820. The van der Waals surface area contributed by atoms with Crippen LogP contribution in [0.2, 0.25) is 5.02 Å². The number of sulfonamides is 1. The fraction of sp³-hybridized carbons (Fsp3) is 0.538. The van der Waals surface area contributed by atoms with Gasteiger partial charge in [-0.15, -0.1) is 0 Å². The largest absolute Gasteiger partial charge is 0.495 e. The minimum atomic E-state index is -3.65. The fourth-order valence-corrected chi connectivity index (χ4v) is 4.33. The van der Waals surface area contributed by atoms with E-state index in [2.05, 4.69) is 0 Å². The van der Waals surface area contributed by atoms with Crippen LogP contribution in [0.4, 0.5) is 0 Å². The first kappa shape index (κ1) is 15.6. The summed E-state index contributed by atoms with van der Waals surface area (Å²) in [5.74, 6) is 0.293. The zero-order chi connectivity index (χ0) is 14.9. The summed E-state index contributed by atoms with van der Waals surface area (Å²) >= 11 is 5.91. The summed E-state index contributed by atoms with van der Waals surface area (Å²) in [6.45, 7) is 4.35. The number of halogens is 1. The first-order chi connectivity index (χ1) is 9.34. The van der Waals surface area contributed by atoms with E-state index in [4.69, 9.17) is 21.1 Å². The first-order valence-corrected chi connectivity index (χ1v) is 8.15. The van der Waals surface area contributed by atoms with E-state index in [-0.39, 0.29) is 17.1 Å². The average Bonchev–Trinajstić information content (AvgIpc) is 2.37. The summed E-state index contributed by atoms with van der Waals surface area (Å²) in [7, 11) is -2.21. The van der Waals surface area contributed by atoms with E-state index in [1.807, 2.05) is 13.8 Å². The minimum absolute atomic E-state index is 0.0915. The van der Waals surface area contributed by atoms with E-state index in [0.717, 1.165) is 0 Å². The quantitative estimate of drug-likeness (QED) is 0.856. The lowest BCUT2D eigenvalue weighted by atomic mass is 10.3. The Morgan fingerprint density at radius 2 is 1.90 bits per heavy atom. The topological polar surface area (TPSA) is 55.8 Å². The third-order valence-corrected chi connectivity index (χ3v) is 5.22. The van der Waals surface area contributed by atoms with Gasteiger partial charge >= 0.3 is 0 Å². The lowest BCUT2D eigenvalue weighted by Gasteiger charge is -2.34. The van der Waals surface area contributed by atoms with E-state index >= 15 is 0 Å². The summed E-state index contributed by atoms with van der Waals surface area (Å²) < 4.78 is 37.6. The Balaban J connectivity index is 2.42. The molecule has 0 N–H and O–H groups in total. The maximum atomic E-state index is 12.7. The summed E-state index contributed by atoms with van der Waals surface area (Å²) in [6.07, 6.45) is -0.280. The van der Waals surface area contributed by atoms with E-state index in [9.17, 15) is 8.42 Å². The molecule has 1 aliphatic rings. The normalized spacial score (nSPS) is 24.6. The van der Waals surface area contributed by atoms with Crippen LogP contribution >= 0.6 is 11.6 Å². The highest BCUT2D eigenvalue weighted by Gasteiger charge is 2.34. The molecule has 1 aliphatic heterocycles. The van der Waals surface area contributed by atoms with Crippen molar-refractivity contribution in [3.8, 4) is 5.75 Å². The van der Waals surface area contributed by atoms with E-state index in [1.165, 1.54) is 17.5 Å². The van der Waals surface area contributed by atoms with Crippen molar-refractivity contribution in [1.29, 1.82) is 0 Å². The van der Waals surface area contributed by atoms with Crippen molar-refractivity contribution in [2.45, 2.75) is 31.0 Å². The molecule has 1 aromatic carbocycles. The van der Waals surface area contributed by atoms with Crippen molar-refractivity contribution in [2.75, 3.05) is 20.2 Å². The van der Waals surface area contributed by atoms with Gasteiger partial charge in [0.05, 0.1) is 19.3 Å². The molecule has 0 bridgehead atoms. The molecule has 20 heavy (non-hydrogen) atoms. The lowest BCUT2D eigenvalue weighted by Crippen LogP contribution is -2.48. The Morgan fingerprint density at radius 1 is 1.30 bits per heavy atom. The maximum Gasteiger partial charge on any atom is 0.246 e. The van der Waals surface area contributed by atoms with Crippen LogP contribution in [0.25, 0.3) is 0 Å². The zero-order valence-electron chi connectivity index (χ0n) is 11.7. The smallest absolute Gasteiger partial charge is 0.246 e. The van der Waals surface area contributed by atoms with Gasteiger partial charge in [0.1, 0.15) is 10.6 Å². The highest BCUT2D eigenvalue weighted by Crippen LogP contribution is 2.30. The summed E-state index contributed by atoms with van der Waals surface area (Å²) in [5.41, 5.74) is 0. The van der Waals surface area contributed by atoms with Gasteiger partial charge in [0.2, 0.25) is 10.0 Å². The van der Waals surface area contributed by atoms with Crippen LogP contribution in [0.15, 0.2) is 23.1 Å². The summed E-state index contributed by atoms with van der Waals surface area (Å²) in [5, 5.41) is 0.360. The molecular formula is C13H18ClNO4S. The second kappa shape index (κ2) is 5.89. The van der Waals surface area contributed by atoms with E-state index < -0.39 is 10.0 Å². The lowest BCUT2D eigenvalue weighted by molar-refractivity contribution is -0.0441. The van der Waals surface area contributed by atoms with Crippen molar-refractivity contribution < 1.29 is 17.9 Å². The van der Waals surface area contributed by atoms with Crippen LogP contribution in [-0.2, 0) is 14.8 Å². The van der Waals surface area contributed by atoms with Gasteiger partial charge in [0.15, 0.2) is 0 Å². The molecule has 1 heterocycles. The fourth-order valence-electron chi connectivity index (χ4n) is 2.32. The molecule has 1 aromatic rings. The number of morpholine rings is 1. The number of ether oxygens (including phenoxy) is 2. The molecule has 7 heteroatoms. The number of methoxy groups -OCH3 is 1. The van der Waals surface area contributed by atoms with Gasteiger partial charge in [-0.05, 0) is 32.0 Å². The van der Waals surface area contributed by atoms with Crippen molar-refractivity contribution in [3.05, 3.63) is 23.2 Å². The first-order valence-electron chi connectivity index (χ1n) is 6.33. The number of benzene rings is 1. The third-order valence-electron chi connectivity index (χ3n) is 3.13.